The van der Waals surface area contributed by atoms with Crippen LogP contribution in [0.2, 0.25) is 0 Å². The number of hydrogen-bond donors (Lipinski definition) is 1. The van der Waals surface area contributed by atoms with Gasteiger partial charge in [-0.1, -0.05) is 37.5 Å². The second kappa shape index (κ2) is 5.41. The molecule has 0 radical (unpaired) electrons. The Balaban J connectivity index is 2.38. The summed E-state index contributed by atoms with van der Waals surface area (Å²) < 4.78 is 25.4. The van der Waals surface area contributed by atoms with Crippen molar-refractivity contribution in [1.82, 2.24) is 0 Å². The normalized spacial score (nSPS) is 25.7. The van der Waals surface area contributed by atoms with Crippen LogP contribution >= 0.6 is 0 Å². The van der Waals surface area contributed by atoms with Gasteiger partial charge in [0.2, 0.25) is 0 Å². The van der Waals surface area contributed by atoms with Crippen LogP contribution in [-0.2, 0) is 9.84 Å². The Morgan fingerprint density at radius 1 is 1.11 bits per heavy atom. The molecule has 2 unspecified atom stereocenters. The molecule has 2 rings (SSSR count). The molecule has 1 aromatic rings. The molecule has 3 nitrogen and oxygen atoms in total. The summed E-state index contributed by atoms with van der Waals surface area (Å²) >= 11 is 0. The molecule has 4 heteroatoms. The first-order valence-corrected chi connectivity index (χ1v) is 8.13. The lowest BCUT2D eigenvalue weighted by Gasteiger charge is -2.22. The predicted molar refractivity (Wildman–Crippen MR) is 73.2 cm³/mol. The molecule has 2 N–H and O–H groups in total. The van der Waals surface area contributed by atoms with E-state index in [9.17, 15) is 8.42 Å². The fraction of sp³-hybridized carbons (Fsp3) is 0.571. The molecular weight excluding hydrogens is 246 g/mol. The molecule has 0 spiro atoms. The highest BCUT2D eigenvalue weighted by molar-refractivity contribution is 7.92. The number of rotatable bonds is 2. The molecule has 0 aliphatic heterocycles. The van der Waals surface area contributed by atoms with Gasteiger partial charge in [-0.05, 0) is 31.4 Å². The predicted octanol–water partition coefficient (Wildman–Crippen LogP) is 2.43. The molecule has 1 fully saturated rings. The lowest BCUT2D eigenvalue weighted by molar-refractivity contribution is 0.531. The minimum Gasteiger partial charge on any atom is -0.327 e. The molecule has 0 heterocycles. The van der Waals surface area contributed by atoms with Crippen molar-refractivity contribution in [2.24, 2.45) is 5.73 Å². The van der Waals surface area contributed by atoms with Gasteiger partial charge < -0.3 is 5.73 Å². The summed E-state index contributed by atoms with van der Waals surface area (Å²) in [4.78, 5) is 0.451. The Labute approximate surface area is 109 Å². The van der Waals surface area contributed by atoms with Crippen LogP contribution in [0.1, 0.15) is 37.7 Å². The Hall–Kier alpha value is -0.870. The fourth-order valence-corrected chi connectivity index (χ4v) is 4.91. The number of nitrogens with two attached hydrogens (primary N) is 1. The van der Waals surface area contributed by atoms with Gasteiger partial charge in [-0.3, -0.25) is 0 Å². The van der Waals surface area contributed by atoms with Crippen molar-refractivity contribution in [2.75, 3.05) is 0 Å². The summed E-state index contributed by atoms with van der Waals surface area (Å²) in [5, 5.41) is -0.416. The number of benzene rings is 1. The van der Waals surface area contributed by atoms with Crippen LogP contribution in [0, 0.1) is 6.92 Å². The summed E-state index contributed by atoms with van der Waals surface area (Å²) in [6, 6.07) is 6.96. The summed E-state index contributed by atoms with van der Waals surface area (Å²) in [6.07, 6.45) is 4.60. The van der Waals surface area contributed by atoms with Crippen LogP contribution in [0.5, 0.6) is 0 Å². The molecular formula is C14H21NO2S. The Bertz CT molecular complexity index is 510. The molecule has 100 valence electrons. The maximum Gasteiger partial charge on any atom is 0.183 e. The SMILES string of the molecule is Cc1ccccc1S(=O)(=O)C1CCCCCC1N. The van der Waals surface area contributed by atoms with Gasteiger partial charge in [-0.15, -0.1) is 0 Å². The second-order valence-corrected chi connectivity index (χ2v) is 7.29. The molecule has 2 atom stereocenters. The second-order valence-electron chi connectivity index (χ2n) is 5.15. The van der Waals surface area contributed by atoms with Crippen molar-refractivity contribution in [3.63, 3.8) is 0 Å². The van der Waals surface area contributed by atoms with E-state index in [-0.39, 0.29) is 6.04 Å². The van der Waals surface area contributed by atoms with Crippen LogP contribution in [-0.4, -0.2) is 19.7 Å². The number of hydrogen-bond acceptors (Lipinski definition) is 3. The van der Waals surface area contributed by atoms with Crippen molar-refractivity contribution in [1.29, 1.82) is 0 Å². The van der Waals surface area contributed by atoms with Crippen LogP contribution in [0.3, 0.4) is 0 Å². The van der Waals surface area contributed by atoms with E-state index in [1.165, 1.54) is 0 Å². The first-order valence-electron chi connectivity index (χ1n) is 6.58. The summed E-state index contributed by atoms with van der Waals surface area (Å²) in [7, 11) is -3.29. The summed E-state index contributed by atoms with van der Waals surface area (Å²) in [5.41, 5.74) is 6.89. The first kappa shape index (κ1) is 13.6. The van der Waals surface area contributed by atoms with Gasteiger partial charge in [0.1, 0.15) is 0 Å². The van der Waals surface area contributed by atoms with Crippen LogP contribution in [0.15, 0.2) is 29.2 Å². The molecule has 0 amide bonds. The zero-order valence-corrected chi connectivity index (χ0v) is 11.6. The van der Waals surface area contributed by atoms with E-state index >= 15 is 0 Å². The smallest absolute Gasteiger partial charge is 0.183 e. The Morgan fingerprint density at radius 2 is 1.78 bits per heavy atom. The van der Waals surface area contributed by atoms with E-state index in [0.29, 0.717) is 11.3 Å². The van der Waals surface area contributed by atoms with Gasteiger partial charge in [-0.25, -0.2) is 8.42 Å². The van der Waals surface area contributed by atoms with E-state index < -0.39 is 15.1 Å². The molecule has 1 aliphatic rings. The quantitative estimate of drug-likeness (QED) is 0.837. The minimum atomic E-state index is -3.29. The van der Waals surface area contributed by atoms with E-state index in [4.69, 9.17) is 5.73 Å². The topological polar surface area (TPSA) is 60.2 Å². The van der Waals surface area contributed by atoms with Gasteiger partial charge in [-0.2, -0.15) is 0 Å². The third kappa shape index (κ3) is 2.59. The molecule has 0 saturated heterocycles. The summed E-state index contributed by atoms with van der Waals surface area (Å²) in [6.45, 7) is 1.84. The highest BCUT2D eigenvalue weighted by atomic mass is 32.2. The zero-order valence-electron chi connectivity index (χ0n) is 10.8. The largest absolute Gasteiger partial charge is 0.327 e. The monoisotopic (exact) mass is 267 g/mol. The van der Waals surface area contributed by atoms with Crippen molar-refractivity contribution in [3.8, 4) is 0 Å². The van der Waals surface area contributed by atoms with Gasteiger partial charge >= 0.3 is 0 Å². The fourth-order valence-electron chi connectivity index (χ4n) is 2.73. The molecule has 0 aromatic heterocycles. The van der Waals surface area contributed by atoms with E-state index in [1.807, 2.05) is 19.1 Å². The molecule has 0 bridgehead atoms. The standard InChI is InChI=1S/C14H21NO2S/c1-11-7-5-6-9-13(11)18(16,17)14-10-4-2-3-8-12(14)15/h5-7,9,12,14H,2-4,8,10,15H2,1H3. The molecule has 1 aromatic carbocycles. The lowest BCUT2D eigenvalue weighted by atomic mass is 10.1. The van der Waals surface area contributed by atoms with Crippen molar-refractivity contribution < 1.29 is 8.42 Å². The number of sulfone groups is 1. The minimum absolute atomic E-state index is 0.225. The van der Waals surface area contributed by atoms with E-state index in [2.05, 4.69) is 0 Å². The van der Waals surface area contributed by atoms with Crippen LogP contribution < -0.4 is 5.73 Å². The molecule has 18 heavy (non-hydrogen) atoms. The maximum atomic E-state index is 12.7. The van der Waals surface area contributed by atoms with Crippen LogP contribution in [0.25, 0.3) is 0 Å². The Morgan fingerprint density at radius 3 is 2.50 bits per heavy atom. The highest BCUT2D eigenvalue weighted by Crippen LogP contribution is 2.28. The zero-order chi connectivity index (χ0) is 13.2. The third-order valence-corrected chi connectivity index (χ3v) is 6.26. The van der Waals surface area contributed by atoms with Crippen molar-refractivity contribution in [3.05, 3.63) is 29.8 Å². The number of aryl methyl sites for hydroxylation is 1. The van der Waals surface area contributed by atoms with Crippen LogP contribution in [0.4, 0.5) is 0 Å². The van der Waals surface area contributed by atoms with Gasteiger partial charge in [0.25, 0.3) is 0 Å². The average molecular weight is 267 g/mol. The maximum absolute atomic E-state index is 12.7. The Kier molecular flexibility index (Phi) is 4.07. The third-order valence-electron chi connectivity index (χ3n) is 3.80. The highest BCUT2D eigenvalue weighted by Gasteiger charge is 2.34. The van der Waals surface area contributed by atoms with Gasteiger partial charge in [0, 0.05) is 6.04 Å². The average Bonchev–Trinajstić information content (AvgIpc) is 2.54. The summed E-state index contributed by atoms with van der Waals surface area (Å²) in [5.74, 6) is 0. The van der Waals surface area contributed by atoms with Gasteiger partial charge in [0.05, 0.1) is 10.1 Å². The lowest BCUT2D eigenvalue weighted by Crippen LogP contribution is -2.39. The van der Waals surface area contributed by atoms with Crippen molar-refractivity contribution >= 4 is 9.84 Å². The van der Waals surface area contributed by atoms with Gasteiger partial charge in [0.15, 0.2) is 9.84 Å². The van der Waals surface area contributed by atoms with E-state index in [0.717, 1.165) is 31.2 Å². The molecule has 1 saturated carbocycles. The first-order chi connectivity index (χ1) is 8.53. The van der Waals surface area contributed by atoms with E-state index in [1.54, 1.807) is 12.1 Å². The van der Waals surface area contributed by atoms with Crippen molar-refractivity contribution in [2.45, 2.75) is 55.2 Å². The molecule has 1 aliphatic carbocycles.